The Hall–Kier alpha value is -2.62. The molecule has 138 valence electrons. The number of hydrogen-bond donors (Lipinski definition) is 0. The molecule has 27 heavy (non-hydrogen) atoms. The Labute approximate surface area is 160 Å². The molecule has 0 spiro atoms. The molecule has 1 fully saturated rings. The van der Waals surface area contributed by atoms with Crippen LogP contribution in [0.3, 0.4) is 0 Å². The summed E-state index contributed by atoms with van der Waals surface area (Å²) >= 11 is 0. The predicted octanol–water partition coefficient (Wildman–Crippen LogP) is 5.86. The molecule has 1 aliphatic rings. The Morgan fingerprint density at radius 3 is 1.63 bits per heavy atom. The van der Waals surface area contributed by atoms with Crippen molar-refractivity contribution in [2.45, 2.75) is 25.4 Å². The van der Waals surface area contributed by atoms with E-state index in [0.29, 0.717) is 0 Å². The lowest BCUT2D eigenvalue weighted by Crippen LogP contribution is -2.32. The molecule has 1 saturated heterocycles. The molecule has 0 saturated carbocycles. The molecular weight excluding hydrogens is 336 g/mol. The van der Waals surface area contributed by atoms with Crippen LogP contribution in [0.25, 0.3) is 0 Å². The Morgan fingerprint density at radius 1 is 0.630 bits per heavy atom. The van der Waals surface area contributed by atoms with Crippen LogP contribution >= 0.6 is 0 Å². The molecule has 3 heteroatoms. The maximum Gasteiger partial charge on any atom is 0.185 e. The molecule has 0 aliphatic carbocycles. The zero-order valence-electron chi connectivity index (χ0n) is 15.6. The van der Waals surface area contributed by atoms with Gasteiger partial charge in [0.05, 0.1) is 19.3 Å². The zero-order chi connectivity index (χ0) is 18.6. The van der Waals surface area contributed by atoms with Crippen LogP contribution in [-0.2, 0) is 9.47 Å². The van der Waals surface area contributed by atoms with Gasteiger partial charge in [0.25, 0.3) is 0 Å². The van der Waals surface area contributed by atoms with E-state index in [9.17, 15) is 0 Å². The number of methoxy groups -OCH3 is 1. The van der Waals surface area contributed by atoms with Crippen molar-refractivity contribution in [3.8, 4) is 5.75 Å². The molecule has 0 unspecified atom stereocenters. The molecule has 3 aromatic rings. The first kappa shape index (κ1) is 17.8. The van der Waals surface area contributed by atoms with Gasteiger partial charge in [-0.05, 0) is 23.3 Å². The molecule has 1 aliphatic heterocycles. The van der Waals surface area contributed by atoms with Gasteiger partial charge >= 0.3 is 0 Å². The second-order valence-electron chi connectivity index (χ2n) is 6.90. The van der Waals surface area contributed by atoms with E-state index in [1.165, 1.54) is 5.56 Å². The standard InChI is InChI=1S/C24H24O3/c1-17-22(18-9-5-3-6-10-18)26-24(20-11-7-4-8-12-20)27-23(17)19-13-15-21(25-2)16-14-19/h3-17,22-24H,1-2H3/t17-,22-,23+,24+/m0/s1. The summed E-state index contributed by atoms with van der Waals surface area (Å²) in [5.74, 6) is 1.01. The van der Waals surface area contributed by atoms with Crippen molar-refractivity contribution < 1.29 is 14.2 Å². The summed E-state index contributed by atoms with van der Waals surface area (Å²) in [6.45, 7) is 2.19. The van der Waals surface area contributed by atoms with Gasteiger partial charge in [-0.1, -0.05) is 79.7 Å². The SMILES string of the molecule is COc1ccc([C@@H]2O[C@H](c3ccccc3)O[C@H](c3ccccc3)[C@@H]2C)cc1. The maximum atomic E-state index is 6.43. The molecule has 0 N–H and O–H groups in total. The van der Waals surface area contributed by atoms with E-state index in [-0.39, 0.29) is 18.1 Å². The minimum atomic E-state index is -0.403. The van der Waals surface area contributed by atoms with Crippen molar-refractivity contribution in [3.05, 3.63) is 102 Å². The average Bonchev–Trinajstić information content (AvgIpc) is 2.75. The minimum absolute atomic E-state index is 0.0442. The third kappa shape index (κ3) is 3.75. The van der Waals surface area contributed by atoms with Gasteiger partial charge in [-0.2, -0.15) is 0 Å². The number of ether oxygens (including phenoxy) is 3. The molecule has 4 atom stereocenters. The Balaban J connectivity index is 1.70. The van der Waals surface area contributed by atoms with E-state index in [1.54, 1.807) is 7.11 Å². The van der Waals surface area contributed by atoms with Crippen LogP contribution in [-0.4, -0.2) is 7.11 Å². The van der Waals surface area contributed by atoms with Gasteiger partial charge in [0, 0.05) is 11.5 Å². The molecule has 4 rings (SSSR count). The fraction of sp³-hybridized carbons (Fsp3) is 0.250. The first-order valence-electron chi connectivity index (χ1n) is 9.31. The van der Waals surface area contributed by atoms with E-state index in [2.05, 4.69) is 43.3 Å². The summed E-state index contributed by atoms with van der Waals surface area (Å²) in [5.41, 5.74) is 3.34. The maximum absolute atomic E-state index is 6.43. The van der Waals surface area contributed by atoms with Crippen LogP contribution < -0.4 is 4.74 Å². The van der Waals surface area contributed by atoms with Crippen LogP contribution in [0.15, 0.2) is 84.9 Å². The normalized spacial score (nSPS) is 25.1. The van der Waals surface area contributed by atoms with Crippen molar-refractivity contribution >= 4 is 0 Å². The number of rotatable bonds is 4. The zero-order valence-corrected chi connectivity index (χ0v) is 15.6. The van der Waals surface area contributed by atoms with Crippen LogP contribution in [0.4, 0.5) is 0 Å². The molecule has 0 bridgehead atoms. The highest BCUT2D eigenvalue weighted by Gasteiger charge is 2.39. The highest BCUT2D eigenvalue weighted by atomic mass is 16.7. The quantitative estimate of drug-likeness (QED) is 0.583. The van der Waals surface area contributed by atoms with Gasteiger partial charge in [0.1, 0.15) is 5.75 Å². The van der Waals surface area contributed by atoms with Crippen molar-refractivity contribution in [2.75, 3.05) is 7.11 Å². The van der Waals surface area contributed by atoms with Gasteiger partial charge in [-0.25, -0.2) is 0 Å². The van der Waals surface area contributed by atoms with Crippen molar-refractivity contribution in [1.29, 1.82) is 0 Å². The Morgan fingerprint density at radius 2 is 1.11 bits per heavy atom. The van der Waals surface area contributed by atoms with E-state index in [1.807, 2.05) is 48.5 Å². The van der Waals surface area contributed by atoms with E-state index in [0.717, 1.165) is 16.9 Å². The first-order valence-corrected chi connectivity index (χ1v) is 9.31. The minimum Gasteiger partial charge on any atom is -0.497 e. The monoisotopic (exact) mass is 360 g/mol. The first-order chi connectivity index (χ1) is 13.3. The summed E-state index contributed by atoms with van der Waals surface area (Å²) in [5, 5.41) is 0. The van der Waals surface area contributed by atoms with Crippen LogP contribution in [0.5, 0.6) is 5.75 Å². The summed E-state index contributed by atoms with van der Waals surface area (Å²) in [6.07, 6.45) is -0.517. The second-order valence-corrected chi connectivity index (χ2v) is 6.90. The van der Waals surface area contributed by atoms with Gasteiger partial charge in [0.2, 0.25) is 0 Å². The highest BCUT2D eigenvalue weighted by molar-refractivity contribution is 5.30. The lowest BCUT2D eigenvalue weighted by atomic mass is 9.87. The smallest absolute Gasteiger partial charge is 0.185 e. The molecule has 3 aromatic carbocycles. The van der Waals surface area contributed by atoms with Crippen molar-refractivity contribution in [2.24, 2.45) is 5.92 Å². The lowest BCUT2D eigenvalue weighted by Gasteiger charge is -2.41. The highest BCUT2D eigenvalue weighted by Crippen LogP contribution is 2.47. The molecule has 0 radical (unpaired) electrons. The largest absolute Gasteiger partial charge is 0.497 e. The van der Waals surface area contributed by atoms with Gasteiger partial charge in [0.15, 0.2) is 6.29 Å². The van der Waals surface area contributed by atoms with Crippen LogP contribution in [0.1, 0.15) is 42.1 Å². The van der Waals surface area contributed by atoms with Crippen LogP contribution in [0, 0.1) is 5.92 Å². The molecular formula is C24H24O3. The predicted molar refractivity (Wildman–Crippen MR) is 105 cm³/mol. The second kappa shape index (κ2) is 7.95. The fourth-order valence-corrected chi connectivity index (χ4v) is 3.67. The summed E-state index contributed by atoms with van der Waals surface area (Å²) in [7, 11) is 1.68. The third-order valence-electron chi connectivity index (χ3n) is 5.14. The summed E-state index contributed by atoms with van der Waals surface area (Å²) < 4.78 is 18.2. The Bertz CT molecular complexity index is 846. The van der Waals surface area contributed by atoms with E-state index in [4.69, 9.17) is 14.2 Å². The van der Waals surface area contributed by atoms with E-state index >= 15 is 0 Å². The van der Waals surface area contributed by atoms with E-state index < -0.39 is 6.29 Å². The number of benzene rings is 3. The lowest BCUT2D eigenvalue weighted by molar-refractivity contribution is -0.277. The third-order valence-corrected chi connectivity index (χ3v) is 5.14. The summed E-state index contributed by atoms with van der Waals surface area (Å²) in [4.78, 5) is 0. The summed E-state index contributed by atoms with van der Waals surface area (Å²) in [6, 6.07) is 28.6. The van der Waals surface area contributed by atoms with Gasteiger partial charge in [-0.15, -0.1) is 0 Å². The van der Waals surface area contributed by atoms with Gasteiger partial charge < -0.3 is 14.2 Å². The molecule has 3 nitrogen and oxygen atoms in total. The fourth-order valence-electron chi connectivity index (χ4n) is 3.67. The topological polar surface area (TPSA) is 27.7 Å². The molecule has 0 aromatic heterocycles. The van der Waals surface area contributed by atoms with Gasteiger partial charge in [-0.3, -0.25) is 0 Å². The van der Waals surface area contributed by atoms with Crippen molar-refractivity contribution in [3.63, 3.8) is 0 Å². The Kier molecular flexibility index (Phi) is 5.23. The number of hydrogen-bond acceptors (Lipinski definition) is 3. The van der Waals surface area contributed by atoms with Crippen molar-refractivity contribution in [1.82, 2.24) is 0 Å². The molecule has 0 amide bonds. The van der Waals surface area contributed by atoms with Crippen LogP contribution in [0.2, 0.25) is 0 Å². The molecule has 1 heterocycles. The average molecular weight is 360 g/mol.